The van der Waals surface area contributed by atoms with Crippen LogP contribution in [0.3, 0.4) is 0 Å². The molecule has 2 aromatic heterocycles. The summed E-state index contributed by atoms with van der Waals surface area (Å²) < 4.78 is 0. The van der Waals surface area contributed by atoms with Crippen molar-refractivity contribution < 1.29 is 4.79 Å². The minimum absolute atomic E-state index is 0.0792. The number of urea groups is 1. The van der Waals surface area contributed by atoms with E-state index in [1.807, 2.05) is 17.5 Å². The van der Waals surface area contributed by atoms with Crippen LogP contribution in [0, 0.1) is 0 Å². The molecule has 20 heavy (non-hydrogen) atoms. The molecule has 2 N–H and O–H groups in total. The first-order chi connectivity index (χ1) is 9.47. The summed E-state index contributed by atoms with van der Waals surface area (Å²) in [6.07, 6.45) is 3.29. The molecule has 0 atom stereocenters. The first kappa shape index (κ1) is 14.5. The number of aromatic nitrogens is 2. The molecular weight excluding hydrogens is 272 g/mol. The quantitative estimate of drug-likeness (QED) is 0.912. The van der Waals surface area contributed by atoms with Crippen LogP contribution in [0.25, 0.3) is 0 Å². The van der Waals surface area contributed by atoms with E-state index in [0.717, 1.165) is 16.3 Å². The molecule has 0 unspecified atom stereocenters. The Bertz CT molecular complexity index is 575. The van der Waals surface area contributed by atoms with Gasteiger partial charge in [0.05, 0.1) is 10.7 Å². The van der Waals surface area contributed by atoms with Gasteiger partial charge in [-0.2, -0.15) is 0 Å². The van der Waals surface area contributed by atoms with Gasteiger partial charge in [0, 0.05) is 23.7 Å². The predicted octanol–water partition coefficient (Wildman–Crippen LogP) is 3.16. The first-order valence-corrected chi connectivity index (χ1v) is 7.22. The highest BCUT2D eigenvalue weighted by molar-refractivity contribution is 7.14. The summed E-state index contributed by atoms with van der Waals surface area (Å²) in [5.41, 5.74) is 1.80. The highest BCUT2D eigenvalue weighted by atomic mass is 32.1. The topological polar surface area (TPSA) is 66.9 Å². The van der Waals surface area contributed by atoms with E-state index in [9.17, 15) is 4.79 Å². The van der Waals surface area contributed by atoms with Gasteiger partial charge in [0.15, 0.2) is 0 Å². The predicted molar refractivity (Wildman–Crippen MR) is 80.9 cm³/mol. The molecule has 0 aliphatic heterocycles. The van der Waals surface area contributed by atoms with E-state index < -0.39 is 0 Å². The summed E-state index contributed by atoms with van der Waals surface area (Å²) in [4.78, 5) is 20.1. The van der Waals surface area contributed by atoms with Gasteiger partial charge >= 0.3 is 6.03 Å². The highest BCUT2D eigenvalue weighted by Crippen LogP contribution is 2.22. The zero-order chi connectivity index (χ0) is 14.6. The van der Waals surface area contributed by atoms with Crippen molar-refractivity contribution in [1.29, 1.82) is 0 Å². The number of thiophene rings is 1. The number of carbonyl (C=O) groups excluding carboxylic acids is 1. The lowest BCUT2D eigenvalue weighted by atomic mass is 9.89. The molecule has 0 aliphatic carbocycles. The Balaban J connectivity index is 1.99. The van der Waals surface area contributed by atoms with Gasteiger partial charge in [0.25, 0.3) is 0 Å². The van der Waals surface area contributed by atoms with Crippen LogP contribution < -0.4 is 10.6 Å². The molecule has 6 heteroatoms. The smallest absolute Gasteiger partial charge is 0.320 e. The second kappa shape index (κ2) is 6.00. The summed E-state index contributed by atoms with van der Waals surface area (Å²) in [7, 11) is 0. The number of hydrogen-bond acceptors (Lipinski definition) is 4. The zero-order valence-corrected chi connectivity index (χ0v) is 12.6. The van der Waals surface area contributed by atoms with Crippen LogP contribution in [0.5, 0.6) is 0 Å². The molecule has 106 valence electrons. The van der Waals surface area contributed by atoms with Gasteiger partial charge in [-0.3, -0.25) is 5.32 Å². The van der Waals surface area contributed by atoms with Crippen molar-refractivity contribution in [2.45, 2.75) is 32.7 Å². The molecule has 5 nitrogen and oxygen atoms in total. The molecule has 0 radical (unpaired) electrons. The molecule has 0 aliphatic rings. The van der Waals surface area contributed by atoms with Gasteiger partial charge in [-0.15, -0.1) is 11.3 Å². The van der Waals surface area contributed by atoms with Crippen molar-refractivity contribution in [3.63, 3.8) is 0 Å². The van der Waals surface area contributed by atoms with Gasteiger partial charge in [0.2, 0.25) is 0 Å². The minimum Gasteiger partial charge on any atom is -0.334 e. The number of amides is 2. The fraction of sp³-hybridized carbons (Fsp3) is 0.357. The fourth-order valence-corrected chi connectivity index (χ4v) is 2.46. The fourth-order valence-electron chi connectivity index (χ4n) is 1.84. The van der Waals surface area contributed by atoms with Crippen molar-refractivity contribution in [2.75, 3.05) is 5.32 Å². The van der Waals surface area contributed by atoms with Crippen LogP contribution in [-0.2, 0) is 12.0 Å². The highest BCUT2D eigenvalue weighted by Gasteiger charge is 2.19. The summed E-state index contributed by atoms with van der Waals surface area (Å²) in [5.74, 6) is 0. The summed E-state index contributed by atoms with van der Waals surface area (Å²) >= 11 is 1.48. The number of anilines is 1. The summed E-state index contributed by atoms with van der Waals surface area (Å²) in [5, 5.41) is 8.34. The van der Waals surface area contributed by atoms with Crippen LogP contribution in [0.15, 0.2) is 30.0 Å². The van der Waals surface area contributed by atoms with Gasteiger partial charge < -0.3 is 5.32 Å². The maximum absolute atomic E-state index is 11.8. The van der Waals surface area contributed by atoms with E-state index in [-0.39, 0.29) is 11.4 Å². The normalized spacial score (nSPS) is 11.2. The zero-order valence-electron chi connectivity index (χ0n) is 11.8. The molecule has 0 saturated heterocycles. The van der Waals surface area contributed by atoms with E-state index in [1.54, 1.807) is 6.20 Å². The third-order valence-corrected chi connectivity index (χ3v) is 3.48. The second-order valence-electron chi connectivity index (χ2n) is 5.43. The number of nitrogens with one attached hydrogen (secondary N) is 2. The van der Waals surface area contributed by atoms with Crippen molar-refractivity contribution in [2.24, 2.45) is 0 Å². The molecule has 0 saturated carbocycles. The molecule has 2 aromatic rings. The van der Waals surface area contributed by atoms with E-state index in [0.29, 0.717) is 6.54 Å². The molecule has 0 spiro atoms. The third kappa shape index (κ3) is 3.77. The maximum atomic E-state index is 11.8. The molecule has 0 aromatic carbocycles. The third-order valence-electron chi connectivity index (χ3n) is 2.70. The number of rotatable bonds is 3. The van der Waals surface area contributed by atoms with Crippen LogP contribution >= 0.6 is 11.3 Å². The Morgan fingerprint density at radius 3 is 2.85 bits per heavy atom. The van der Waals surface area contributed by atoms with E-state index in [1.165, 1.54) is 17.7 Å². The number of nitrogens with zero attached hydrogens (tertiary/aromatic N) is 2. The monoisotopic (exact) mass is 290 g/mol. The largest absolute Gasteiger partial charge is 0.334 e. The first-order valence-electron chi connectivity index (χ1n) is 6.34. The summed E-state index contributed by atoms with van der Waals surface area (Å²) in [6, 6.07) is 3.52. The minimum atomic E-state index is -0.226. The number of carbonyl (C=O) groups is 1. The van der Waals surface area contributed by atoms with E-state index >= 15 is 0 Å². The van der Waals surface area contributed by atoms with Crippen LogP contribution in [0.4, 0.5) is 9.80 Å². The molecular formula is C14H18N4OS. The molecule has 2 rings (SSSR count). The average Bonchev–Trinajstić information content (AvgIpc) is 2.88. The van der Waals surface area contributed by atoms with Gasteiger partial charge in [0.1, 0.15) is 6.33 Å². The SMILES string of the molecule is CC(C)(C)c1ncncc1CNC(=O)Nc1cccs1. The van der Waals surface area contributed by atoms with Gasteiger partial charge in [-0.1, -0.05) is 20.8 Å². The Labute approximate surface area is 122 Å². The van der Waals surface area contributed by atoms with Gasteiger partial charge in [-0.05, 0) is 17.5 Å². The lowest BCUT2D eigenvalue weighted by Gasteiger charge is -2.20. The van der Waals surface area contributed by atoms with Crippen LogP contribution in [-0.4, -0.2) is 16.0 Å². The maximum Gasteiger partial charge on any atom is 0.320 e. The van der Waals surface area contributed by atoms with E-state index in [2.05, 4.69) is 41.4 Å². The van der Waals surface area contributed by atoms with E-state index in [4.69, 9.17) is 0 Å². The lowest BCUT2D eigenvalue weighted by Crippen LogP contribution is -2.29. The second-order valence-corrected chi connectivity index (χ2v) is 6.38. The Kier molecular flexibility index (Phi) is 4.34. The molecule has 2 amide bonds. The van der Waals surface area contributed by atoms with Crippen LogP contribution in [0.2, 0.25) is 0 Å². The Morgan fingerprint density at radius 2 is 2.20 bits per heavy atom. The Morgan fingerprint density at radius 1 is 1.40 bits per heavy atom. The molecule has 2 heterocycles. The van der Waals surface area contributed by atoms with Crippen LogP contribution in [0.1, 0.15) is 32.0 Å². The lowest BCUT2D eigenvalue weighted by molar-refractivity contribution is 0.251. The van der Waals surface area contributed by atoms with Crippen molar-refractivity contribution in [3.05, 3.63) is 41.3 Å². The van der Waals surface area contributed by atoms with Crippen molar-refractivity contribution in [1.82, 2.24) is 15.3 Å². The molecule has 0 bridgehead atoms. The number of hydrogen-bond donors (Lipinski definition) is 2. The summed E-state index contributed by atoms with van der Waals surface area (Å²) in [6.45, 7) is 6.67. The average molecular weight is 290 g/mol. The Hall–Kier alpha value is -1.95. The van der Waals surface area contributed by atoms with Crippen molar-refractivity contribution in [3.8, 4) is 0 Å². The standard InChI is InChI=1S/C14H18N4OS/c1-14(2,3)12-10(7-15-9-17-12)8-16-13(19)18-11-5-4-6-20-11/h4-7,9H,8H2,1-3H3,(H2,16,18,19). The van der Waals surface area contributed by atoms with Crippen molar-refractivity contribution >= 4 is 22.4 Å². The van der Waals surface area contributed by atoms with Gasteiger partial charge in [-0.25, -0.2) is 14.8 Å². The molecule has 0 fully saturated rings.